The standard InChI is InChI=1S/C4H5NO3.C2H4/c6-3-1-2-4(7)5(3)8;1-2/h8H,1-2H2;1-2H2. The largest absolute Gasteiger partial charge is 0.279 e. The second kappa shape index (κ2) is 3.79. The van der Waals surface area contributed by atoms with Gasteiger partial charge in [-0.15, -0.1) is 13.2 Å². The van der Waals surface area contributed by atoms with E-state index in [1.807, 2.05) is 0 Å². The zero-order valence-electron chi connectivity index (χ0n) is 5.54. The SMILES string of the molecule is C=C.O=C1CCC(=O)N1O. The molecule has 0 radical (unpaired) electrons. The third kappa shape index (κ3) is 1.66. The Bertz CT molecular complexity index is 139. The number of carbonyl (C=O) groups is 2. The maximum Gasteiger partial charge on any atom is 0.253 e. The summed E-state index contributed by atoms with van der Waals surface area (Å²) in [7, 11) is 0. The van der Waals surface area contributed by atoms with Crippen LogP contribution in [0.3, 0.4) is 0 Å². The van der Waals surface area contributed by atoms with Crippen LogP contribution in [-0.4, -0.2) is 22.1 Å². The van der Waals surface area contributed by atoms with E-state index < -0.39 is 11.8 Å². The van der Waals surface area contributed by atoms with Crippen molar-refractivity contribution >= 4 is 11.8 Å². The molecule has 0 aromatic heterocycles. The molecule has 0 aliphatic carbocycles. The van der Waals surface area contributed by atoms with Crippen LogP contribution in [-0.2, 0) is 9.59 Å². The molecular weight excluding hydrogens is 134 g/mol. The number of rotatable bonds is 0. The van der Waals surface area contributed by atoms with Crippen LogP contribution in [0.25, 0.3) is 0 Å². The Morgan fingerprint density at radius 1 is 1.20 bits per heavy atom. The molecule has 1 saturated heterocycles. The minimum absolute atomic E-state index is 0.148. The molecule has 1 heterocycles. The third-order valence-electron chi connectivity index (χ3n) is 1.03. The molecule has 0 aromatic rings. The van der Waals surface area contributed by atoms with Gasteiger partial charge < -0.3 is 0 Å². The van der Waals surface area contributed by atoms with Crippen molar-refractivity contribution in [3.05, 3.63) is 13.2 Å². The van der Waals surface area contributed by atoms with Crippen LogP contribution in [0.1, 0.15) is 12.8 Å². The van der Waals surface area contributed by atoms with Gasteiger partial charge in [0.25, 0.3) is 11.8 Å². The Hall–Kier alpha value is -1.16. The molecule has 0 unspecified atom stereocenters. The van der Waals surface area contributed by atoms with Crippen LogP contribution >= 0.6 is 0 Å². The number of hydrogen-bond donors (Lipinski definition) is 1. The Labute approximate surface area is 58.7 Å². The smallest absolute Gasteiger partial charge is 0.253 e. The molecule has 1 rings (SSSR count). The number of hydrogen-bond acceptors (Lipinski definition) is 3. The molecule has 1 N–H and O–H groups in total. The summed E-state index contributed by atoms with van der Waals surface area (Å²) >= 11 is 0. The Morgan fingerprint density at radius 2 is 1.50 bits per heavy atom. The molecule has 0 aromatic carbocycles. The molecule has 1 fully saturated rings. The van der Waals surface area contributed by atoms with Crippen molar-refractivity contribution in [3.63, 3.8) is 0 Å². The highest BCUT2D eigenvalue weighted by molar-refractivity contribution is 6.00. The van der Waals surface area contributed by atoms with Crippen molar-refractivity contribution in [2.75, 3.05) is 0 Å². The first-order valence-corrected chi connectivity index (χ1v) is 2.76. The average molecular weight is 143 g/mol. The van der Waals surface area contributed by atoms with Crippen LogP contribution < -0.4 is 0 Å². The predicted octanol–water partition coefficient (Wildman–Crippen LogP) is 0.327. The normalized spacial score (nSPS) is 16.7. The van der Waals surface area contributed by atoms with Crippen molar-refractivity contribution < 1.29 is 14.8 Å². The van der Waals surface area contributed by atoms with Gasteiger partial charge in [0, 0.05) is 12.8 Å². The van der Waals surface area contributed by atoms with Crippen molar-refractivity contribution in [2.24, 2.45) is 0 Å². The van der Waals surface area contributed by atoms with Gasteiger partial charge in [0.05, 0.1) is 0 Å². The molecule has 0 spiro atoms. The fraction of sp³-hybridized carbons (Fsp3) is 0.333. The van der Waals surface area contributed by atoms with Crippen LogP contribution in [0.2, 0.25) is 0 Å². The molecular formula is C6H9NO3. The first kappa shape index (κ1) is 8.84. The van der Waals surface area contributed by atoms with E-state index in [-0.39, 0.29) is 17.9 Å². The highest BCUT2D eigenvalue weighted by atomic mass is 16.5. The molecule has 0 saturated carbocycles. The molecule has 0 bridgehead atoms. The monoisotopic (exact) mass is 143 g/mol. The maximum atomic E-state index is 10.2. The first-order chi connectivity index (χ1) is 4.72. The number of amides is 2. The van der Waals surface area contributed by atoms with Crippen molar-refractivity contribution in [3.8, 4) is 0 Å². The summed E-state index contributed by atoms with van der Waals surface area (Å²) in [6.07, 6.45) is 0.296. The molecule has 1 aliphatic heterocycles. The van der Waals surface area contributed by atoms with Crippen LogP contribution in [0.5, 0.6) is 0 Å². The fourth-order valence-electron chi connectivity index (χ4n) is 0.565. The Balaban J connectivity index is 0.000000371. The van der Waals surface area contributed by atoms with Crippen LogP contribution in [0.15, 0.2) is 13.2 Å². The fourth-order valence-corrected chi connectivity index (χ4v) is 0.565. The van der Waals surface area contributed by atoms with Gasteiger partial charge in [0.15, 0.2) is 0 Å². The van der Waals surface area contributed by atoms with Gasteiger partial charge in [-0.05, 0) is 0 Å². The minimum atomic E-state index is -0.505. The van der Waals surface area contributed by atoms with Crippen LogP contribution in [0, 0.1) is 0 Å². The van der Waals surface area contributed by atoms with Gasteiger partial charge in [-0.3, -0.25) is 14.8 Å². The molecule has 4 nitrogen and oxygen atoms in total. The highest BCUT2D eigenvalue weighted by Crippen LogP contribution is 2.06. The van der Waals surface area contributed by atoms with E-state index in [4.69, 9.17) is 5.21 Å². The lowest BCUT2D eigenvalue weighted by Crippen LogP contribution is -2.24. The maximum absolute atomic E-state index is 10.2. The summed E-state index contributed by atoms with van der Waals surface area (Å²) in [6, 6.07) is 0. The Kier molecular flexibility index (Phi) is 3.35. The molecule has 10 heavy (non-hydrogen) atoms. The van der Waals surface area contributed by atoms with E-state index >= 15 is 0 Å². The molecule has 4 heteroatoms. The molecule has 56 valence electrons. The summed E-state index contributed by atoms with van der Waals surface area (Å²) in [6.45, 7) is 6.00. The lowest BCUT2D eigenvalue weighted by molar-refractivity contribution is -0.171. The van der Waals surface area contributed by atoms with Crippen molar-refractivity contribution in [1.29, 1.82) is 0 Å². The average Bonchev–Trinajstić information content (AvgIpc) is 2.25. The van der Waals surface area contributed by atoms with Crippen LogP contribution in [0.4, 0.5) is 0 Å². The first-order valence-electron chi connectivity index (χ1n) is 2.76. The van der Waals surface area contributed by atoms with E-state index in [0.717, 1.165) is 0 Å². The van der Waals surface area contributed by atoms with E-state index in [0.29, 0.717) is 0 Å². The van der Waals surface area contributed by atoms with Gasteiger partial charge in [-0.2, -0.15) is 5.06 Å². The summed E-state index contributed by atoms with van der Waals surface area (Å²) in [5, 5.41) is 8.57. The minimum Gasteiger partial charge on any atom is -0.279 e. The lowest BCUT2D eigenvalue weighted by Gasteiger charge is -1.98. The number of hydroxylamine groups is 2. The topological polar surface area (TPSA) is 57.6 Å². The molecule has 2 amide bonds. The molecule has 0 atom stereocenters. The molecule has 1 aliphatic rings. The van der Waals surface area contributed by atoms with Gasteiger partial charge in [-0.25, -0.2) is 0 Å². The number of carbonyl (C=O) groups excluding carboxylic acids is 2. The van der Waals surface area contributed by atoms with Crippen molar-refractivity contribution in [1.82, 2.24) is 5.06 Å². The summed E-state index contributed by atoms with van der Waals surface area (Å²) in [5.41, 5.74) is 0. The summed E-state index contributed by atoms with van der Waals surface area (Å²) in [4.78, 5) is 20.5. The van der Waals surface area contributed by atoms with E-state index in [9.17, 15) is 9.59 Å². The zero-order chi connectivity index (χ0) is 8.15. The van der Waals surface area contributed by atoms with Crippen molar-refractivity contribution in [2.45, 2.75) is 12.8 Å². The van der Waals surface area contributed by atoms with E-state index in [1.165, 1.54) is 0 Å². The quantitative estimate of drug-likeness (QED) is 0.302. The zero-order valence-corrected chi connectivity index (χ0v) is 5.54. The highest BCUT2D eigenvalue weighted by Gasteiger charge is 2.26. The van der Waals surface area contributed by atoms with Gasteiger partial charge in [0.2, 0.25) is 0 Å². The second-order valence-electron chi connectivity index (χ2n) is 1.60. The summed E-state index contributed by atoms with van der Waals surface area (Å²) < 4.78 is 0. The lowest BCUT2D eigenvalue weighted by atomic mass is 10.4. The van der Waals surface area contributed by atoms with E-state index in [2.05, 4.69) is 13.2 Å². The summed E-state index contributed by atoms with van der Waals surface area (Å²) in [5.74, 6) is -1.01. The van der Waals surface area contributed by atoms with Gasteiger partial charge >= 0.3 is 0 Å². The third-order valence-corrected chi connectivity index (χ3v) is 1.03. The Morgan fingerprint density at radius 3 is 1.60 bits per heavy atom. The number of imide groups is 1. The van der Waals surface area contributed by atoms with Gasteiger partial charge in [-0.1, -0.05) is 0 Å². The second-order valence-corrected chi connectivity index (χ2v) is 1.60. The van der Waals surface area contributed by atoms with Gasteiger partial charge in [0.1, 0.15) is 0 Å². The van der Waals surface area contributed by atoms with E-state index in [1.54, 1.807) is 0 Å². The number of nitrogens with zero attached hydrogens (tertiary/aromatic N) is 1. The predicted molar refractivity (Wildman–Crippen MR) is 34.1 cm³/mol.